The first-order valence-electron chi connectivity index (χ1n) is 8.29. The van der Waals surface area contributed by atoms with Crippen LogP contribution in [0.25, 0.3) is 10.2 Å². The normalized spacial score (nSPS) is 11.5. The van der Waals surface area contributed by atoms with E-state index >= 15 is 4.39 Å². The first-order chi connectivity index (χ1) is 13.4. The molecule has 1 heterocycles. The predicted octanol–water partition coefficient (Wildman–Crippen LogP) is 3.99. The number of carbonyl (C=O) groups excluding carboxylic acids is 1. The number of aromatic nitrogens is 1. The van der Waals surface area contributed by atoms with Crippen molar-refractivity contribution in [3.8, 4) is 0 Å². The van der Waals surface area contributed by atoms with Gasteiger partial charge in [-0.2, -0.15) is 0 Å². The van der Waals surface area contributed by atoms with Crippen molar-refractivity contribution < 1.29 is 24.1 Å². The van der Waals surface area contributed by atoms with E-state index in [9.17, 15) is 4.79 Å². The molecule has 28 heavy (non-hydrogen) atoms. The minimum atomic E-state index is -0.870. The number of nitrogens with zero attached hydrogens (tertiary/aromatic N) is 1. The van der Waals surface area contributed by atoms with Gasteiger partial charge in [0, 0.05) is 27.0 Å². The van der Waals surface area contributed by atoms with E-state index in [-0.39, 0.29) is 23.1 Å². The number of thiazole rings is 1. The number of rotatable bonds is 8. The largest absolute Gasteiger partial charge is 0.394 e. The van der Waals surface area contributed by atoms with Crippen molar-refractivity contribution in [3.63, 3.8) is 0 Å². The molecule has 0 unspecified atom stereocenters. The van der Waals surface area contributed by atoms with E-state index in [2.05, 4.69) is 20.9 Å². The minimum absolute atomic E-state index is 0.107. The molecule has 0 fully saturated rings. The molecular formula is C19H16BrClFNO4S. The molecule has 0 bridgehead atoms. The third kappa shape index (κ3) is 4.59. The molecule has 5 nitrogen and oxygen atoms in total. The van der Waals surface area contributed by atoms with Crippen LogP contribution in [-0.2, 0) is 11.2 Å². The van der Waals surface area contributed by atoms with Crippen LogP contribution in [0.4, 0.5) is 4.39 Å². The van der Waals surface area contributed by atoms with Crippen molar-refractivity contribution in [2.75, 3.05) is 19.8 Å². The van der Waals surface area contributed by atoms with Crippen LogP contribution in [-0.4, -0.2) is 46.9 Å². The minimum Gasteiger partial charge on any atom is -0.394 e. The van der Waals surface area contributed by atoms with E-state index in [4.69, 9.17) is 26.6 Å². The number of carbonyl (C=O) groups is 1. The Kier molecular flexibility index (Phi) is 7.14. The van der Waals surface area contributed by atoms with Crippen molar-refractivity contribution in [2.45, 2.75) is 12.5 Å². The number of aliphatic hydroxyl groups excluding tert-OH is 2. The number of aliphatic hydroxyl groups is 2. The van der Waals surface area contributed by atoms with Gasteiger partial charge >= 0.3 is 0 Å². The molecule has 1 aromatic heterocycles. The summed E-state index contributed by atoms with van der Waals surface area (Å²) in [4.78, 5) is 16.8. The van der Waals surface area contributed by atoms with Gasteiger partial charge in [0.15, 0.2) is 11.6 Å². The maximum absolute atomic E-state index is 15.2. The lowest BCUT2D eigenvalue weighted by Crippen LogP contribution is -2.25. The van der Waals surface area contributed by atoms with Gasteiger partial charge in [0.2, 0.25) is 0 Å². The summed E-state index contributed by atoms with van der Waals surface area (Å²) in [7, 11) is 0. The summed E-state index contributed by atoms with van der Waals surface area (Å²) in [6.45, 7) is -1.24. The van der Waals surface area contributed by atoms with Gasteiger partial charge in [0.25, 0.3) is 0 Å². The van der Waals surface area contributed by atoms with E-state index in [0.29, 0.717) is 15.3 Å². The molecule has 2 aromatic carbocycles. The van der Waals surface area contributed by atoms with Gasteiger partial charge in [-0.3, -0.25) is 4.79 Å². The van der Waals surface area contributed by atoms with Gasteiger partial charge in [0.1, 0.15) is 18.2 Å². The fourth-order valence-electron chi connectivity index (χ4n) is 2.71. The average Bonchev–Trinajstić information content (AvgIpc) is 3.15. The van der Waals surface area contributed by atoms with Crippen LogP contribution >= 0.6 is 38.9 Å². The first kappa shape index (κ1) is 21.3. The summed E-state index contributed by atoms with van der Waals surface area (Å²) in [5.74, 6) is -1.02. The summed E-state index contributed by atoms with van der Waals surface area (Å²) in [5.41, 5.74) is 2.73. The number of hydrogen-bond acceptors (Lipinski definition) is 6. The molecule has 0 saturated heterocycles. The number of fused-ring (bicyclic) bond motifs is 1. The Hall–Kier alpha value is -1.42. The second kappa shape index (κ2) is 9.39. The summed E-state index contributed by atoms with van der Waals surface area (Å²) in [6.07, 6.45) is -0.763. The monoisotopic (exact) mass is 487 g/mol. The first-order valence-corrected chi connectivity index (χ1v) is 10.3. The molecule has 0 spiro atoms. The Balaban J connectivity index is 2.00. The fraction of sp³-hybridized carbons (Fsp3) is 0.263. The average molecular weight is 489 g/mol. The number of halogens is 3. The molecule has 148 valence electrons. The molecule has 2 N–H and O–H groups in total. The maximum Gasteiger partial charge on any atom is 0.188 e. The van der Waals surface area contributed by atoms with Crippen LogP contribution in [0.15, 0.2) is 34.2 Å². The Morgan fingerprint density at radius 3 is 2.75 bits per heavy atom. The topological polar surface area (TPSA) is 79.7 Å². The summed E-state index contributed by atoms with van der Waals surface area (Å²) < 4.78 is 21.7. The second-order valence-corrected chi connectivity index (χ2v) is 8.26. The highest BCUT2D eigenvalue weighted by atomic mass is 79.9. The van der Waals surface area contributed by atoms with Gasteiger partial charge < -0.3 is 14.9 Å². The zero-order valence-corrected chi connectivity index (χ0v) is 17.7. The van der Waals surface area contributed by atoms with Crippen LogP contribution in [0, 0.1) is 5.82 Å². The Labute approximate surface area is 177 Å². The zero-order valence-electron chi connectivity index (χ0n) is 14.5. The third-order valence-electron chi connectivity index (χ3n) is 4.21. The van der Waals surface area contributed by atoms with E-state index in [0.717, 1.165) is 4.47 Å². The third-order valence-corrected chi connectivity index (χ3v) is 5.83. The van der Waals surface area contributed by atoms with Gasteiger partial charge in [-0.25, -0.2) is 9.37 Å². The molecule has 0 saturated carbocycles. The van der Waals surface area contributed by atoms with Crippen molar-refractivity contribution in [1.82, 2.24) is 4.98 Å². The number of benzene rings is 2. The lowest BCUT2D eigenvalue weighted by molar-refractivity contribution is -0.0132. The van der Waals surface area contributed by atoms with E-state index in [1.165, 1.54) is 16.8 Å². The highest BCUT2D eigenvalue weighted by Crippen LogP contribution is 2.31. The van der Waals surface area contributed by atoms with E-state index in [1.807, 2.05) is 0 Å². The predicted molar refractivity (Wildman–Crippen MR) is 110 cm³/mol. The smallest absolute Gasteiger partial charge is 0.188 e. The molecule has 0 radical (unpaired) electrons. The van der Waals surface area contributed by atoms with Crippen LogP contribution in [0.2, 0.25) is 5.02 Å². The van der Waals surface area contributed by atoms with Gasteiger partial charge in [-0.15, -0.1) is 11.3 Å². The number of ketones is 1. The Bertz CT molecular complexity index is 1010. The summed E-state index contributed by atoms with van der Waals surface area (Å²) in [5, 5.41) is 18.6. The number of hydrogen-bond donors (Lipinski definition) is 2. The van der Waals surface area contributed by atoms with E-state index in [1.54, 1.807) is 24.3 Å². The summed E-state index contributed by atoms with van der Waals surface area (Å²) >= 11 is 10.8. The molecule has 3 aromatic rings. The van der Waals surface area contributed by atoms with Crippen molar-refractivity contribution in [2.24, 2.45) is 0 Å². The molecule has 0 aliphatic carbocycles. The molecule has 0 amide bonds. The molecule has 3 rings (SSSR count). The maximum atomic E-state index is 15.2. The Morgan fingerprint density at radius 2 is 2.07 bits per heavy atom. The zero-order chi connectivity index (χ0) is 20.3. The van der Waals surface area contributed by atoms with Crippen LogP contribution in [0.1, 0.15) is 21.5 Å². The van der Waals surface area contributed by atoms with Gasteiger partial charge in [0.05, 0.1) is 23.4 Å². The van der Waals surface area contributed by atoms with Gasteiger partial charge in [-0.05, 0) is 23.8 Å². The quantitative estimate of drug-likeness (QED) is 0.469. The van der Waals surface area contributed by atoms with Crippen LogP contribution < -0.4 is 0 Å². The highest BCUT2D eigenvalue weighted by Gasteiger charge is 2.22. The Morgan fingerprint density at radius 1 is 1.32 bits per heavy atom. The molecule has 9 heteroatoms. The summed E-state index contributed by atoms with van der Waals surface area (Å²) in [6, 6.07) is 6.85. The number of ether oxygens (including phenoxy) is 1. The fourth-order valence-corrected chi connectivity index (χ4v) is 4.17. The highest BCUT2D eigenvalue weighted by molar-refractivity contribution is 9.10. The molecular weight excluding hydrogens is 473 g/mol. The SMILES string of the molecule is O=C(COC(CO)CO)c1cc2scnc2c(F)c1Cc1ccc(Br)cc1Cl. The standard InChI is InChI=1S/C19H16BrClFNO4S/c20-11-2-1-10(15(21)4-11)3-14-13(16(26)8-27-12(6-24)7-25)5-17-19(18(14)22)23-9-28-17/h1-2,4-5,9,12,24-25H,3,6-8H2. The van der Waals surface area contributed by atoms with Crippen molar-refractivity contribution in [1.29, 1.82) is 0 Å². The number of Topliss-reactive ketones (excluding diaryl/α,β-unsaturated/α-hetero) is 1. The molecule has 0 atom stereocenters. The lowest BCUT2D eigenvalue weighted by atomic mass is 9.96. The van der Waals surface area contributed by atoms with Crippen molar-refractivity contribution >= 4 is 54.9 Å². The molecule has 0 aliphatic rings. The van der Waals surface area contributed by atoms with Gasteiger partial charge in [-0.1, -0.05) is 33.6 Å². The lowest BCUT2D eigenvalue weighted by Gasteiger charge is -2.15. The van der Waals surface area contributed by atoms with E-state index < -0.39 is 37.5 Å². The second-order valence-electron chi connectivity index (χ2n) is 6.05. The molecule has 0 aliphatic heterocycles. The van der Waals surface area contributed by atoms with Crippen LogP contribution in [0.3, 0.4) is 0 Å². The van der Waals surface area contributed by atoms with Crippen molar-refractivity contribution in [3.05, 3.63) is 61.8 Å². The van der Waals surface area contributed by atoms with Crippen LogP contribution in [0.5, 0.6) is 0 Å².